The summed E-state index contributed by atoms with van der Waals surface area (Å²) in [5.41, 5.74) is 1.08. The van der Waals surface area contributed by atoms with Crippen LogP contribution in [-0.2, 0) is 6.42 Å². The van der Waals surface area contributed by atoms with Gasteiger partial charge >= 0.3 is 0 Å². The molecular formula is C15H11F3O. The maximum Gasteiger partial charge on any atom is 0.167 e. The number of halogens is 3. The van der Waals surface area contributed by atoms with Gasteiger partial charge in [0.25, 0.3) is 0 Å². The lowest BCUT2D eigenvalue weighted by Crippen LogP contribution is -2.06. The standard InChI is InChI=1S/C15H11F3O/c1-9-2-3-11(16)8-14(9)15(19)6-10-4-12(17)7-13(18)5-10/h2-5,7-8H,6H2,1H3. The molecule has 0 amide bonds. The van der Waals surface area contributed by atoms with Crippen LogP contribution < -0.4 is 0 Å². The van der Waals surface area contributed by atoms with E-state index >= 15 is 0 Å². The van der Waals surface area contributed by atoms with Crippen LogP contribution in [0.3, 0.4) is 0 Å². The second kappa shape index (κ2) is 5.26. The van der Waals surface area contributed by atoms with Crippen LogP contribution in [0.1, 0.15) is 21.5 Å². The molecule has 2 aromatic rings. The van der Waals surface area contributed by atoms with Crippen molar-refractivity contribution in [3.05, 3.63) is 70.5 Å². The fourth-order valence-corrected chi connectivity index (χ4v) is 1.89. The molecule has 0 aromatic heterocycles. The molecule has 0 bridgehead atoms. The van der Waals surface area contributed by atoms with Crippen molar-refractivity contribution in [1.82, 2.24) is 0 Å². The summed E-state index contributed by atoms with van der Waals surface area (Å²) in [4.78, 5) is 12.0. The van der Waals surface area contributed by atoms with Crippen LogP contribution in [0.2, 0.25) is 0 Å². The van der Waals surface area contributed by atoms with Gasteiger partial charge < -0.3 is 0 Å². The zero-order valence-electron chi connectivity index (χ0n) is 10.2. The van der Waals surface area contributed by atoms with Crippen molar-refractivity contribution in [2.45, 2.75) is 13.3 Å². The van der Waals surface area contributed by atoms with Crippen LogP contribution in [0.15, 0.2) is 36.4 Å². The Balaban J connectivity index is 2.28. The van der Waals surface area contributed by atoms with Crippen LogP contribution in [0.4, 0.5) is 13.2 Å². The zero-order chi connectivity index (χ0) is 14.0. The summed E-state index contributed by atoms with van der Waals surface area (Å²) in [5.74, 6) is -2.36. The van der Waals surface area contributed by atoms with E-state index < -0.39 is 17.5 Å². The summed E-state index contributed by atoms with van der Waals surface area (Å²) in [7, 11) is 0. The van der Waals surface area contributed by atoms with E-state index in [9.17, 15) is 18.0 Å². The van der Waals surface area contributed by atoms with Gasteiger partial charge in [-0.05, 0) is 42.3 Å². The van der Waals surface area contributed by atoms with Gasteiger partial charge in [-0.25, -0.2) is 13.2 Å². The second-order valence-electron chi connectivity index (χ2n) is 4.34. The van der Waals surface area contributed by atoms with Crippen molar-refractivity contribution in [2.24, 2.45) is 0 Å². The fourth-order valence-electron chi connectivity index (χ4n) is 1.89. The number of aryl methyl sites for hydroxylation is 1. The molecule has 0 saturated carbocycles. The van der Waals surface area contributed by atoms with Gasteiger partial charge in [0.2, 0.25) is 0 Å². The first kappa shape index (κ1) is 13.3. The summed E-state index contributed by atoms with van der Waals surface area (Å²) >= 11 is 0. The van der Waals surface area contributed by atoms with E-state index in [1.807, 2.05) is 0 Å². The molecule has 4 heteroatoms. The van der Waals surface area contributed by atoms with Gasteiger partial charge in [-0.1, -0.05) is 6.07 Å². The van der Waals surface area contributed by atoms with E-state index in [-0.39, 0.29) is 23.3 Å². The quantitative estimate of drug-likeness (QED) is 0.770. The lowest BCUT2D eigenvalue weighted by molar-refractivity contribution is 0.0992. The zero-order valence-corrected chi connectivity index (χ0v) is 10.2. The normalized spacial score (nSPS) is 10.5. The second-order valence-corrected chi connectivity index (χ2v) is 4.34. The topological polar surface area (TPSA) is 17.1 Å². The molecule has 0 heterocycles. The highest BCUT2D eigenvalue weighted by atomic mass is 19.1. The van der Waals surface area contributed by atoms with Crippen LogP contribution in [0, 0.1) is 24.4 Å². The maximum atomic E-state index is 13.1. The van der Waals surface area contributed by atoms with E-state index in [0.29, 0.717) is 5.56 Å². The molecule has 0 radical (unpaired) electrons. The molecule has 0 aliphatic heterocycles. The fraction of sp³-hybridized carbons (Fsp3) is 0.133. The van der Waals surface area contributed by atoms with Gasteiger partial charge in [0.15, 0.2) is 5.78 Å². The largest absolute Gasteiger partial charge is 0.294 e. The van der Waals surface area contributed by atoms with Crippen LogP contribution >= 0.6 is 0 Å². The molecule has 0 unspecified atom stereocenters. The summed E-state index contributed by atoms with van der Waals surface area (Å²) in [6, 6.07) is 6.81. The number of carbonyl (C=O) groups excluding carboxylic acids is 1. The Labute approximate surface area is 108 Å². The molecule has 0 N–H and O–H groups in total. The van der Waals surface area contributed by atoms with E-state index in [2.05, 4.69) is 0 Å². The number of ketones is 1. The van der Waals surface area contributed by atoms with E-state index in [4.69, 9.17) is 0 Å². The summed E-state index contributed by atoms with van der Waals surface area (Å²) in [6.45, 7) is 1.68. The number of Topliss-reactive ketones (excluding diaryl/α,β-unsaturated/α-hetero) is 1. The van der Waals surface area contributed by atoms with Gasteiger partial charge in [-0.3, -0.25) is 4.79 Å². The first-order valence-corrected chi connectivity index (χ1v) is 5.70. The summed E-state index contributed by atoms with van der Waals surface area (Å²) < 4.78 is 39.1. The number of carbonyl (C=O) groups is 1. The Bertz CT molecular complexity index is 615. The molecular weight excluding hydrogens is 253 g/mol. The first-order valence-electron chi connectivity index (χ1n) is 5.70. The Morgan fingerprint density at radius 2 is 1.58 bits per heavy atom. The summed E-state index contributed by atoms with van der Waals surface area (Å²) in [6.07, 6.45) is -0.168. The Morgan fingerprint density at radius 1 is 0.947 bits per heavy atom. The van der Waals surface area contributed by atoms with E-state index in [0.717, 1.165) is 24.3 Å². The number of rotatable bonds is 3. The van der Waals surface area contributed by atoms with Gasteiger partial charge in [0, 0.05) is 18.1 Å². The molecule has 2 rings (SSSR count). The average Bonchev–Trinajstić information content (AvgIpc) is 2.30. The average molecular weight is 264 g/mol. The van der Waals surface area contributed by atoms with E-state index in [1.54, 1.807) is 6.92 Å². The molecule has 0 saturated heterocycles. The number of hydrogen-bond acceptors (Lipinski definition) is 1. The predicted molar refractivity (Wildman–Crippen MR) is 65.5 cm³/mol. The molecule has 0 fully saturated rings. The molecule has 0 atom stereocenters. The highest BCUT2D eigenvalue weighted by Gasteiger charge is 2.12. The van der Waals surface area contributed by atoms with Crippen molar-refractivity contribution in [3.63, 3.8) is 0 Å². The minimum Gasteiger partial charge on any atom is -0.294 e. The van der Waals surface area contributed by atoms with Crippen molar-refractivity contribution >= 4 is 5.78 Å². The van der Waals surface area contributed by atoms with Crippen LogP contribution in [0.25, 0.3) is 0 Å². The van der Waals surface area contributed by atoms with Gasteiger partial charge in [0.1, 0.15) is 17.5 Å². The van der Waals surface area contributed by atoms with Crippen molar-refractivity contribution in [1.29, 1.82) is 0 Å². The lowest BCUT2D eigenvalue weighted by Gasteiger charge is -2.06. The van der Waals surface area contributed by atoms with Crippen LogP contribution in [0.5, 0.6) is 0 Å². The third kappa shape index (κ3) is 3.22. The van der Waals surface area contributed by atoms with Gasteiger partial charge in [0.05, 0.1) is 0 Å². The molecule has 98 valence electrons. The third-order valence-electron chi connectivity index (χ3n) is 2.79. The Hall–Kier alpha value is -2.10. The Kier molecular flexibility index (Phi) is 3.69. The van der Waals surface area contributed by atoms with Crippen molar-refractivity contribution in [2.75, 3.05) is 0 Å². The maximum absolute atomic E-state index is 13.1. The molecule has 0 aliphatic carbocycles. The highest BCUT2D eigenvalue weighted by molar-refractivity contribution is 5.98. The molecule has 1 nitrogen and oxygen atoms in total. The highest BCUT2D eigenvalue weighted by Crippen LogP contribution is 2.15. The molecule has 2 aromatic carbocycles. The smallest absolute Gasteiger partial charge is 0.167 e. The monoisotopic (exact) mass is 264 g/mol. The molecule has 0 spiro atoms. The summed E-state index contributed by atoms with van der Waals surface area (Å²) in [5, 5.41) is 0. The van der Waals surface area contributed by atoms with E-state index in [1.165, 1.54) is 12.1 Å². The third-order valence-corrected chi connectivity index (χ3v) is 2.79. The molecule has 0 aliphatic rings. The number of benzene rings is 2. The van der Waals surface area contributed by atoms with Gasteiger partial charge in [-0.2, -0.15) is 0 Å². The minimum absolute atomic E-state index is 0.168. The van der Waals surface area contributed by atoms with Crippen molar-refractivity contribution < 1.29 is 18.0 Å². The lowest BCUT2D eigenvalue weighted by atomic mass is 9.99. The molecule has 19 heavy (non-hydrogen) atoms. The number of hydrogen-bond donors (Lipinski definition) is 0. The first-order chi connectivity index (χ1) is 8.95. The van der Waals surface area contributed by atoms with Crippen molar-refractivity contribution in [3.8, 4) is 0 Å². The van der Waals surface area contributed by atoms with Gasteiger partial charge in [-0.15, -0.1) is 0 Å². The SMILES string of the molecule is Cc1ccc(F)cc1C(=O)Cc1cc(F)cc(F)c1. The minimum atomic E-state index is -0.737. The Morgan fingerprint density at radius 3 is 2.21 bits per heavy atom. The predicted octanol–water partition coefficient (Wildman–Crippen LogP) is 3.84. The van der Waals surface area contributed by atoms with Crippen LogP contribution in [-0.4, -0.2) is 5.78 Å².